The van der Waals surface area contributed by atoms with Crippen molar-refractivity contribution in [2.45, 2.75) is 175 Å². The van der Waals surface area contributed by atoms with Crippen molar-refractivity contribution in [3.63, 3.8) is 0 Å². The second kappa shape index (κ2) is 33.5. The zero-order valence-electron chi connectivity index (χ0n) is 43.3. The van der Waals surface area contributed by atoms with E-state index >= 15 is 0 Å². The van der Waals surface area contributed by atoms with Gasteiger partial charge < -0.3 is 61.6 Å². The average molecular weight is 955 g/mol. The molecule has 384 valence electrons. The third-order valence-corrected chi connectivity index (χ3v) is 12.2. The second-order valence-corrected chi connectivity index (χ2v) is 18.1. The van der Waals surface area contributed by atoms with Gasteiger partial charge in [-0.1, -0.05) is 119 Å². The smallest absolute Gasteiger partial charge is 0.163 e. The molecule has 4 rings (SSSR count). The lowest BCUT2D eigenvalue weighted by Crippen LogP contribution is -2.52. The third-order valence-electron chi connectivity index (χ3n) is 12.2. The molecule has 3 aromatic carbocycles. The van der Waals surface area contributed by atoms with Crippen molar-refractivity contribution in [3.8, 4) is 34.5 Å². The van der Waals surface area contributed by atoms with Crippen LogP contribution in [0.1, 0.15) is 157 Å². The first kappa shape index (κ1) is 56.5. The molecular formula is C57H90N6O6. The Labute approximate surface area is 416 Å². The van der Waals surface area contributed by atoms with Crippen molar-refractivity contribution in [1.82, 2.24) is 0 Å². The minimum Gasteiger partial charge on any atom is -0.490 e. The molecule has 0 heterocycles. The molecule has 1 saturated carbocycles. The topological polar surface area (TPSA) is 170 Å². The molecule has 1 aliphatic rings. The van der Waals surface area contributed by atoms with E-state index in [1.165, 1.54) is 0 Å². The number of unbranched alkanes of at least 4 members (excludes halogenated alkanes) is 12. The van der Waals surface area contributed by atoms with Gasteiger partial charge in [0.15, 0.2) is 34.5 Å². The maximum atomic E-state index is 7.18. The van der Waals surface area contributed by atoms with Crippen LogP contribution in [0.5, 0.6) is 34.5 Å². The molecule has 0 unspecified atom stereocenters. The summed E-state index contributed by atoms with van der Waals surface area (Å²) < 4.78 is 37.5. The molecule has 69 heavy (non-hydrogen) atoms. The fourth-order valence-corrected chi connectivity index (χ4v) is 7.89. The monoisotopic (exact) mass is 955 g/mol. The van der Waals surface area contributed by atoms with Gasteiger partial charge in [-0.05, 0) is 91.6 Å². The fourth-order valence-electron chi connectivity index (χ4n) is 7.89. The Morgan fingerprint density at radius 2 is 0.551 bits per heavy atom. The molecule has 3 aromatic rings. The molecule has 0 amide bonds. The first-order valence-electron chi connectivity index (χ1n) is 26.6. The Hall–Kier alpha value is -5.04. The highest BCUT2D eigenvalue weighted by Gasteiger charge is 2.36. The Morgan fingerprint density at radius 3 is 0.768 bits per heavy atom. The highest BCUT2D eigenvalue weighted by atomic mass is 16.5. The predicted octanol–water partition coefficient (Wildman–Crippen LogP) is 13.4. The number of hydrogen-bond acceptors (Lipinski definition) is 12. The summed E-state index contributed by atoms with van der Waals surface area (Å²) in [6, 6.07) is 16.0. The van der Waals surface area contributed by atoms with E-state index in [1.807, 2.05) is 73.2 Å². The van der Waals surface area contributed by atoms with Gasteiger partial charge in [-0.25, -0.2) is 0 Å². The van der Waals surface area contributed by atoms with Crippen LogP contribution in [0, 0.1) is 0 Å². The van der Waals surface area contributed by atoms with Gasteiger partial charge >= 0.3 is 0 Å². The maximum absolute atomic E-state index is 7.18. The lowest BCUT2D eigenvalue weighted by Gasteiger charge is -2.37. The number of nitrogens with two attached hydrogens (primary N) is 3. The SMILES string of the molecule is CCCCCOc1ccc(NC=C2C(N)C(=CNc3ccc(OCCCCC)c(OCCCCC)c3)C(N)C(=CNc3ccc(OCCCCC)c(OCCCCC)c3)C2N)cc1OCCCCC. The van der Waals surface area contributed by atoms with Gasteiger partial charge in [-0.2, -0.15) is 0 Å². The molecule has 0 aromatic heterocycles. The Bertz CT molecular complexity index is 1750. The van der Waals surface area contributed by atoms with E-state index in [1.54, 1.807) is 0 Å². The van der Waals surface area contributed by atoms with Crippen LogP contribution in [0.25, 0.3) is 0 Å². The third kappa shape index (κ3) is 19.7. The van der Waals surface area contributed by atoms with E-state index in [4.69, 9.17) is 45.6 Å². The van der Waals surface area contributed by atoms with Crippen LogP contribution in [0.2, 0.25) is 0 Å². The van der Waals surface area contributed by atoms with Gasteiger partial charge in [0, 0.05) is 53.9 Å². The van der Waals surface area contributed by atoms with Gasteiger partial charge in [0.1, 0.15) is 0 Å². The number of benzene rings is 3. The number of rotatable bonds is 36. The molecule has 9 N–H and O–H groups in total. The zero-order chi connectivity index (χ0) is 49.5. The molecule has 0 aliphatic heterocycles. The summed E-state index contributed by atoms with van der Waals surface area (Å²) in [5, 5.41) is 10.5. The Morgan fingerprint density at radius 1 is 0.333 bits per heavy atom. The average Bonchev–Trinajstić information content (AvgIpc) is 3.35. The fraction of sp³-hybridized carbons (Fsp3) is 0.579. The minimum absolute atomic E-state index is 0.613. The standard InChI is InChI=1S/C57H90N6O6/c1-7-13-19-31-64-49-28-25-43(37-52(49)67-34-22-16-10-4)61-40-46-55(58)47(41-62-44-26-29-50(65-32-20-14-8-2)53(38-44)68-35-23-17-11-5)57(60)48(56(46)59)42-63-45-27-30-51(66-33-21-15-9-3)54(39-45)69-36-24-18-12-6/h25-30,37-42,55-57,61-63H,7-24,31-36,58-60H2,1-6H3. The predicted molar refractivity (Wildman–Crippen MR) is 288 cm³/mol. The molecule has 0 atom stereocenters. The van der Waals surface area contributed by atoms with E-state index in [9.17, 15) is 0 Å². The molecule has 1 fully saturated rings. The van der Waals surface area contributed by atoms with Gasteiger partial charge in [-0.3, -0.25) is 0 Å². The minimum atomic E-state index is -0.615. The van der Waals surface area contributed by atoms with Crippen molar-refractivity contribution in [3.05, 3.63) is 89.9 Å². The highest BCUT2D eigenvalue weighted by Crippen LogP contribution is 2.36. The van der Waals surface area contributed by atoms with Crippen molar-refractivity contribution in [1.29, 1.82) is 0 Å². The highest BCUT2D eigenvalue weighted by molar-refractivity contribution is 5.62. The maximum Gasteiger partial charge on any atom is 0.163 e. The molecule has 0 spiro atoms. The van der Waals surface area contributed by atoms with Crippen LogP contribution in [0.15, 0.2) is 89.9 Å². The van der Waals surface area contributed by atoms with Crippen LogP contribution >= 0.6 is 0 Å². The number of ether oxygens (including phenoxy) is 6. The molecule has 0 bridgehead atoms. The van der Waals surface area contributed by atoms with Crippen LogP contribution < -0.4 is 61.6 Å². The quantitative estimate of drug-likeness (QED) is 0.0306. The molecule has 12 heteroatoms. The van der Waals surface area contributed by atoms with Crippen LogP contribution in [-0.2, 0) is 0 Å². The Kier molecular flexibility index (Phi) is 27.4. The summed E-state index contributed by atoms with van der Waals surface area (Å²) >= 11 is 0. The van der Waals surface area contributed by atoms with E-state index in [-0.39, 0.29) is 0 Å². The zero-order valence-corrected chi connectivity index (χ0v) is 43.3. The summed E-state index contributed by atoms with van der Waals surface area (Å²) in [4.78, 5) is 0. The van der Waals surface area contributed by atoms with Crippen LogP contribution in [-0.4, -0.2) is 57.8 Å². The first-order chi connectivity index (χ1) is 33.8. The van der Waals surface area contributed by atoms with Crippen LogP contribution in [0.4, 0.5) is 17.1 Å². The van der Waals surface area contributed by atoms with Crippen molar-refractivity contribution >= 4 is 17.1 Å². The summed E-state index contributed by atoms with van der Waals surface area (Å²) in [6.45, 7) is 16.9. The Balaban J connectivity index is 1.70. The van der Waals surface area contributed by atoms with E-state index < -0.39 is 18.1 Å². The van der Waals surface area contributed by atoms with Gasteiger partial charge in [0.2, 0.25) is 0 Å². The number of hydrogen-bond donors (Lipinski definition) is 6. The lowest BCUT2D eigenvalue weighted by atomic mass is 9.77. The lowest BCUT2D eigenvalue weighted by molar-refractivity contribution is 0.260. The number of nitrogens with one attached hydrogen (secondary N) is 3. The summed E-state index contributed by atoms with van der Waals surface area (Å²) in [7, 11) is 0. The molecule has 1 aliphatic carbocycles. The molecule has 0 saturated heterocycles. The molecule has 0 radical (unpaired) electrons. The van der Waals surface area contributed by atoms with E-state index in [2.05, 4.69) is 57.5 Å². The number of anilines is 3. The largest absolute Gasteiger partial charge is 0.490 e. The molecule has 12 nitrogen and oxygen atoms in total. The summed E-state index contributed by atoms with van der Waals surface area (Å²) in [5.41, 5.74) is 26.3. The summed E-state index contributed by atoms with van der Waals surface area (Å²) in [5.74, 6) is 4.33. The first-order valence-corrected chi connectivity index (χ1v) is 26.6. The molecular weight excluding hydrogens is 865 g/mol. The van der Waals surface area contributed by atoms with Crippen LogP contribution in [0.3, 0.4) is 0 Å². The van der Waals surface area contributed by atoms with Gasteiger partial charge in [-0.15, -0.1) is 0 Å². The van der Waals surface area contributed by atoms with E-state index in [0.717, 1.165) is 167 Å². The van der Waals surface area contributed by atoms with E-state index in [0.29, 0.717) is 56.9 Å². The summed E-state index contributed by atoms with van der Waals surface area (Å²) in [6.07, 6.45) is 25.0. The van der Waals surface area contributed by atoms with Crippen molar-refractivity contribution in [2.24, 2.45) is 17.2 Å². The van der Waals surface area contributed by atoms with Crippen molar-refractivity contribution in [2.75, 3.05) is 55.6 Å². The normalized spacial score (nSPS) is 15.6. The van der Waals surface area contributed by atoms with Gasteiger partial charge in [0.25, 0.3) is 0 Å². The van der Waals surface area contributed by atoms with Crippen molar-refractivity contribution < 1.29 is 28.4 Å². The van der Waals surface area contributed by atoms with Gasteiger partial charge in [0.05, 0.1) is 57.8 Å². The second-order valence-electron chi connectivity index (χ2n) is 18.1.